The largest absolute Gasteiger partial charge is 0.389 e. The van der Waals surface area contributed by atoms with E-state index in [1.54, 1.807) is 12.5 Å². The van der Waals surface area contributed by atoms with Crippen LogP contribution in [0, 0.1) is 5.41 Å². The highest BCUT2D eigenvalue weighted by atomic mass is 16.5. The quantitative estimate of drug-likeness (QED) is 0.575. The second-order valence-electron chi connectivity index (χ2n) is 1.96. The van der Waals surface area contributed by atoms with E-state index in [-0.39, 0.29) is 0 Å². The summed E-state index contributed by atoms with van der Waals surface area (Å²) in [5, 5.41) is 9.56. The molecule has 10 heavy (non-hydrogen) atoms. The average molecular weight is 135 g/mol. The fraction of sp³-hybridized carbons (Fsp3) is 0. The van der Waals surface area contributed by atoms with Gasteiger partial charge in [0, 0.05) is 12.4 Å². The molecule has 2 aliphatic rings. The number of H-pyrrole nitrogens is 1. The molecule has 0 fully saturated rings. The summed E-state index contributed by atoms with van der Waals surface area (Å²) in [4.78, 5) is 3.94. The molecule has 0 saturated carbocycles. The third-order valence-corrected chi connectivity index (χ3v) is 1.37. The number of aromatic nitrogens is 2. The van der Waals surface area contributed by atoms with Crippen LogP contribution >= 0.6 is 0 Å². The van der Waals surface area contributed by atoms with Gasteiger partial charge in [-0.3, -0.25) is 4.98 Å². The normalized spacial score (nSPS) is 10.4. The number of rotatable bonds is 1. The topological polar surface area (TPSA) is 65.7 Å². The van der Waals surface area contributed by atoms with E-state index < -0.39 is 0 Å². The zero-order valence-corrected chi connectivity index (χ0v) is 5.09. The molecule has 4 heteroatoms. The van der Waals surface area contributed by atoms with E-state index in [4.69, 9.17) is 9.93 Å². The molecule has 0 bridgehead atoms. The standard InChI is InChI=1S/C6H5N3O/c7-1-5-6-4(2-8-5)3-10-9-6/h1-3,7,9H. The number of aromatic amines is 1. The van der Waals surface area contributed by atoms with Crippen molar-refractivity contribution in [1.82, 2.24) is 10.1 Å². The summed E-state index contributed by atoms with van der Waals surface area (Å²) in [7, 11) is 0. The van der Waals surface area contributed by atoms with Gasteiger partial charge in [0.25, 0.3) is 0 Å². The Morgan fingerprint density at radius 3 is 3.40 bits per heavy atom. The highest BCUT2D eigenvalue weighted by Gasteiger charge is 2.10. The van der Waals surface area contributed by atoms with Crippen LogP contribution in [0.1, 0.15) is 5.69 Å². The van der Waals surface area contributed by atoms with Crippen LogP contribution in [0.4, 0.5) is 0 Å². The number of hydrogen-bond donors (Lipinski definition) is 2. The van der Waals surface area contributed by atoms with Gasteiger partial charge in [0.15, 0.2) is 0 Å². The van der Waals surface area contributed by atoms with Gasteiger partial charge in [0.2, 0.25) is 0 Å². The molecule has 4 nitrogen and oxygen atoms in total. The van der Waals surface area contributed by atoms with E-state index in [2.05, 4.69) is 10.1 Å². The Morgan fingerprint density at radius 1 is 1.70 bits per heavy atom. The van der Waals surface area contributed by atoms with Gasteiger partial charge < -0.3 is 9.93 Å². The minimum Gasteiger partial charge on any atom is -0.389 e. The molecule has 2 aliphatic heterocycles. The highest BCUT2D eigenvalue weighted by molar-refractivity contribution is 5.85. The van der Waals surface area contributed by atoms with Gasteiger partial charge in [0.05, 0.1) is 5.56 Å². The van der Waals surface area contributed by atoms with Gasteiger partial charge in [-0.2, -0.15) is 0 Å². The Bertz CT molecular complexity index is 322. The first-order valence-corrected chi connectivity index (χ1v) is 2.83. The van der Waals surface area contributed by atoms with Crippen molar-refractivity contribution in [1.29, 1.82) is 5.41 Å². The van der Waals surface area contributed by atoms with Crippen LogP contribution in [0.2, 0.25) is 0 Å². The predicted octanol–water partition coefficient (Wildman–Crippen LogP) is 1.11. The van der Waals surface area contributed by atoms with E-state index in [0.717, 1.165) is 11.3 Å². The summed E-state index contributed by atoms with van der Waals surface area (Å²) in [6, 6.07) is 0. The summed E-state index contributed by atoms with van der Waals surface area (Å²) in [6.07, 6.45) is 4.42. The van der Waals surface area contributed by atoms with Crippen LogP contribution in [0.15, 0.2) is 17.0 Å². The van der Waals surface area contributed by atoms with E-state index in [1.165, 1.54) is 6.21 Å². The molecule has 0 radical (unpaired) electrons. The Labute approximate surface area is 56.7 Å². The molecule has 0 unspecified atom stereocenters. The summed E-state index contributed by atoms with van der Waals surface area (Å²) in [5.41, 5.74) is 2.30. The molecule has 0 amide bonds. The fourth-order valence-electron chi connectivity index (χ4n) is 0.878. The van der Waals surface area contributed by atoms with Crippen molar-refractivity contribution in [3.8, 4) is 11.3 Å². The molecule has 0 aromatic heterocycles. The summed E-state index contributed by atoms with van der Waals surface area (Å²) in [5.74, 6) is 0. The Hall–Kier alpha value is -1.58. The lowest BCUT2D eigenvalue weighted by molar-refractivity contribution is 0.424. The molecular weight excluding hydrogens is 130 g/mol. The molecular formula is C6H5N3O. The van der Waals surface area contributed by atoms with Gasteiger partial charge in [-0.25, -0.2) is 5.16 Å². The lowest BCUT2D eigenvalue weighted by atomic mass is 10.2. The molecule has 0 saturated heterocycles. The third-order valence-electron chi connectivity index (χ3n) is 1.37. The lowest BCUT2D eigenvalue weighted by Gasteiger charge is -1.82. The fourth-order valence-corrected chi connectivity index (χ4v) is 0.878. The van der Waals surface area contributed by atoms with E-state index in [0.29, 0.717) is 5.69 Å². The minimum atomic E-state index is 0.615. The molecule has 0 spiro atoms. The third kappa shape index (κ3) is 0.500. The molecule has 50 valence electrons. The lowest BCUT2D eigenvalue weighted by Crippen LogP contribution is -1.80. The van der Waals surface area contributed by atoms with Crippen LogP contribution in [-0.4, -0.2) is 16.4 Å². The predicted molar refractivity (Wildman–Crippen MR) is 35.4 cm³/mol. The monoisotopic (exact) mass is 135 g/mol. The summed E-state index contributed by atoms with van der Waals surface area (Å²) in [6.45, 7) is 0. The number of hydrogen-bond acceptors (Lipinski definition) is 3. The van der Waals surface area contributed by atoms with Gasteiger partial charge in [-0.1, -0.05) is 0 Å². The van der Waals surface area contributed by atoms with Crippen LogP contribution in [0.5, 0.6) is 0 Å². The smallest absolute Gasteiger partial charge is 0.130 e. The van der Waals surface area contributed by atoms with Crippen LogP contribution in [0.25, 0.3) is 11.3 Å². The van der Waals surface area contributed by atoms with Crippen molar-refractivity contribution < 1.29 is 4.52 Å². The van der Waals surface area contributed by atoms with E-state index in [9.17, 15) is 0 Å². The first-order valence-electron chi connectivity index (χ1n) is 2.83. The number of nitrogens with zero attached hydrogens (tertiary/aromatic N) is 1. The Balaban J connectivity index is 2.71. The van der Waals surface area contributed by atoms with Crippen LogP contribution in [-0.2, 0) is 0 Å². The van der Waals surface area contributed by atoms with Crippen molar-refractivity contribution in [3.05, 3.63) is 18.2 Å². The van der Waals surface area contributed by atoms with Gasteiger partial charge in [-0.05, 0) is 0 Å². The molecule has 0 aliphatic carbocycles. The number of fused-ring (bicyclic) bond motifs is 1. The average Bonchev–Trinajstić information content (AvgIpc) is 2.44. The second-order valence-corrected chi connectivity index (χ2v) is 1.96. The van der Waals surface area contributed by atoms with Crippen molar-refractivity contribution >= 4 is 6.21 Å². The van der Waals surface area contributed by atoms with Crippen molar-refractivity contribution in [2.45, 2.75) is 0 Å². The zero-order chi connectivity index (χ0) is 6.97. The first kappa shape index (κ1) is 5.22. The zero-order valence-electron chi connectivity index (χ0n) is 5.09. The van der Waals surface area contributed by atoms with Gasteiger partial charge in [-0.15, -0.1) is 0 Å². The highest BCUT2D eigenvalue weighted by Crippen LogP contribution is 2.21. The molecule has 2 heterocycles. The maximum Gasteiger partial charge on any atom is 0.130 e. The first-order chi connectivity index (χ1) is 4.92. The SMILES string of the molecule is N=Cc1ncc2co[nH]c1-2. The molecule has 2 N–H and O–H groups in total. The number of nitrogens with one attached hydrogen (secondary N) is 2. The molecule has 2 rings (SSSR count). The maximum absolute atomic E-state index is 6.93. The Kier molecular flexibility index (Phi) is 0.887. The maximum atomic E-state index is 6.93. The minimum absolute atomic E-state index is 0.615. The van der Waals surface area contributed by atoms with Crippen LogP contribution < -0.4 is 0 Å². The van der Waals surface area contributed by atoms with Crippen molar-refractivity contribution in [2.75, 3.05) is 0 Å². The van der Waals surface area contributed by atoms with Gasteiger partial charge >= 0.3 is 0 Å². The van der Waals surface area contributed by atoms with E-state index in [1.807, 2.05) is 0 Å². The second kappa shape index (κ2) is 1.70. The molecule has 0 aromatic carbocycles. The van der Waals surface area contributed by atoms with Crippen LogP contribution in [0.3, 0.4) is 0 Å². The Morgan fingerprint density at radius 2 is 2.60 bits per heavy atom. The van der Waals surface area contributed by atoms with Crippen molar-refractivity contribution in [3.63, 3.8) is 0 Å². The summed E-state index contributed by atoms with van der Waals surface area (Å²) >= 11 is 0. The van der Waals surface area contributed by atoms with Crippen molar-refractivity contribution in [2.24, 2.45) is 0 Å². The summed E-state index contributed by atoms with van der Waals surface area (Å²) < 4.78 is 4.78. The van der Waals surface area contributed by atoms with Gasteiger partial charge in [0.1, 0.15) is 17.7 Å². The van der Waals surface area contributed by atoms with E-state index >= 15 is 0 Å². The molecule has 0 aromatic rings. The molecule has 0 atom stereocenters.